The highest BCUT2D eigenvalue weighted by atomic mass is 16.2. The van der Waals surface area contributed by atoms with Crippen LogP contribution in [-0.2, 0) is 15.1 Å². The van der Waals surface area contributed by atoms with Gasteiger partial charge in [0.05, 0.1) is 0 Å². The predicted molar refractivity (Wildman–Crippen MR) is 82.6 cm³/mol. The molecule has 1 N–H and O–H groups in total. The van der Waals surface area contributed by atoms with Crippen LogP contribution in [0.25, 0.3) is 0 Å². The molecule has 0 spiro atoms. The normalized spacial score (nSPS) is 23.2. The van der Waals surface area contributed by atoms with E-state index in [1.807, 2.05) is 49.4 Å². The van der Waals surface area contributed by atoms with Crippen molar-refractivity contribution in [1.82, 2.24) is 10.2 Å². The Bertz CT molecular complexity index is 539. The molecule has 112 valence electrons. The molecule has 2 amide bonds. The number of allylic oxidation sites excluding steroid dienone is 1. The van der Waals surface area contributed by atoms with E-state index in [9.17, 15) is 9.59 Å². The second-order valence-electron chi connectivity index (χ2n) is 5.44. The molecule has 1 heterocycles. The van der Waals surface area contributed by atoms with Crippen LogP contribution in [0.1, 0.15) is 32.3 Å². The van der Waals surface area contributed by atoms with Gasteiger partial charge in [0.2, 0.25) is 5.91 Å². The van der Waals surface area contributed by atoms with Gasteiger partial charge < -0.3 is 10.2 Å². The van der Waals surface area contributed by atoms with Crippen LogP contribution in [0.3, 0.4) is 0 Å². The van der Waals surface area contributed by atoms with Gasteiger partial charge in [-0.25, -0.2) is 0 Å². The quantitative estimate of drug-likeness (QED) is 0.863. The lowest BCUT2D eigenvalue weighted by atomic mass is 9.90. The molecule has 1 aliphatic heterocycles. The minimum atomic E-state index is -0.981. The zero-order valence-electron chi connectivity index (χ0n) is 12.6. The van der Waals surface area contributed by atoms with Gasteiger partial charge in [-0.2, -0.15) is 0 Å². The molecule has 21 heavy (non-hydrogen) atoms. The van der Waals surface area contributed by atoms with Gasteiger partial charge in [-0.15, -0.1) is 0 Å². The highest BCUT2D eigenvalue weighted by Gasteiger charge is 2.41. The molecule has 0 aromatic heterocycles. The molecular weight excluding hydrogens is 264 g/mol. The molecule has 1 aromatic carbocycles. The number of hydrogen-bond acceptors (Lipinski definition) is 2. The maximum absolute atomic E-state index is 12.9. The van der Waals surface area contributed by atoms with E-state index in [1.54, 1.807) is 11.8 Å². The van der Waals surface area contributed by atoms with Crippen LogP contribution in [0.2, 0.25) is 0 Å². The maximum Gasteiger partial charge on any atom is 0.252 e. The van der Waals surface area contributed by atoms with Crippen molar-refractivity contribution in [1.29, 1.82) is 0 Å². The fourth-order valence-electron chi connectivity index (χ4n) is 2.63. The average molecular weight is 286 g/mol. The van der Waals surface area contributed by atoms with E-state index in [0.29, 0.717) is 19.5 Å². The van der Waals surface area contributed by atoms with Crippen molar-refractivity contribution in [2.24, 2.45) is 0 Å². The summed E-state index contributed by atoms with van der Waals surface area (Å²) in [5.41, 5.74) is -0.161. The number of carbonyl (C=O) groups is 2. The van der Waals surface area contributed by atoms with E-state index in [2.05, 4.69) is 5.32 Å². The summed E-state index contributed by atoms with van der Waals surface area (Å²) >= 11 is 0. The number of nitrogens with zero attached hydrogens (tertiary/aromatic N) is 1. The topological polar surface area (TPSA) is 49.4 Å². The Hall–Kier alpha value is -2.10. The van der Waals surface area contributed by atoms with Gasteiger partial charge in [0.1, 0.15) is 5.54 Å². The third-order valence-corrected chi connectivity index (χ3v) is 3.87. The first-order valence-electron chi connectivity index (χ1n) is 7.35. The number of amides is 2. The Kier molecular flexibility index (Phi) is 4.78. The first-order chi connectivity index (χ1) is 10.1. The van der Waals surface area contributed by atoms with Crippen LogP contribution in [0.15, 0.2) is 42.5 Å². The summed E-state index contributed by atoms with van der Waals surface area (Å²) in [5, 5.41) is 2.89. The molecule has 4 heteroatoms. The first kappa shape index (κ1) is 15.3. The van der Waals surface area contributed by atoms with Crippen LogP contribution in [0, 0.1) is 0 Å². The molecule has 0 aliphatic carbocycles. The molecule has 1 unspecified atom stereocenters. The lowest BCUT2D eigenvalue weighted by Crippen LogP contribution is -2.52. The van der Waals surface area contributed by atoms with E-state index in [1.165, 1.54) is 0 Å². The van der Waals surface area contributed by atoms with Crippen LogP contribution < -0.4 is 5.32 Å². The summed E-state index contributed by atoms with van der Waals surface area (Å²) in [6.45, 7) is 4.87. The standard InChI is InChI=1S/C17H22N2O2/c1-3-4-8-12-19-13-11-15(20)18-17(2,16(19)21)14-9-6-5-7-10-14/h3-7,9-10H,8,11-13H2,1-2H3,(H,18,20)/b4-3+. The molecule has 4 nitrogen and oxygen atoms in total. The fourth-order valence-corrected chi connectivity index (χ4v) is 2.63. The molecular formula is C17H22N2O2. The second kappa shape index (κ2) is 6.57. The molecule has 1 fully saturated rings. The number of rotatable bonds is 4. The van der Waals surface area contributed by atoms with Gasteiger partial charge in [-0.3, -0.25) is 9.59 Å². The van der Waals surface area contributed by atoms with Gasteiger partial charge in [-0.05, 0) is 25.8 Å². The minimum absolute atomic E-state index is 0.0379. The van der Waals surface area contributed by atoms with Crippen molar-refractivity contribution < 1.29 is 9.59 Å². The molecule has 1 atom stereocenters. The summed E-state index contributed by atoms with van der Waals surface area (Å²) in [6, 6.07) is 9.44. The van der Waals surface area contributed by atoms with Crippen molar-refractivity contribution in [2.75, 3.05) is 13.1 Å². The summed E-state index contributed by atoms with van der Waals surface area (Å²) in [6.07, 6.45) is 5.17. The monoisotopic (exact) mass is 286 g/mol. The number of benzene rings is 1. The largest absolute Gasteiger partial charge is 0.340 e. The fraction of sp³-hybridized carbons (Fsp3) is 0.412. The van der Waals surface area contributed by atoms with Crippen LogP contribution in [-0.4, -0.2) is 29.8 Å². The minimum Gasteiger partial charge on any atom is -0.340 e. The third kappa shape index (κ3) is 3.32. The number of nitrogens with one attached hydrogen (secondary N) is 1. The Morgan fingerprint density at radius 1 is 1.29 bits per heavy atom. The van der Waals surface area contributed by atoms with E-state index >= 15 is 0 Å². The molecule has 0 bridgehead atoms. The van der Waals surface area contributed by atoms with Crippen molar-refractivity contribution >= 4 is 11.8 Å². The number of carbonyl (C=O) groups excluding carboxylic acids is 2. The second-order valence-corrected chi connectivity index (χ2v) is 5.44. The Balaban J connectivity index is 2.29. The summed E-state index contributed by atoms with van der Waals surface area (Å²) < 4.78 is 0. The van der Waals surface area contributed by atoms with Gasteiger partial charge in [-0.1, -0.05) is 42.5 Å². The van der Waals surface area contributed by atoms with E-state index in [-0.39, 0.29) is 11.8 Å². The highest BCUT2D eigenvalue weighted by Crippen LogP contribution is 2.26. The third-order valence-electron chi connectivity index (χ3n) is 3.87. The van der Waals surface area contributed by atoms with Gasteiger partial charge in [0.15, 0.2) is 0 Å². The van der Waals surface area contributed by atoms with Gasteiger partial charge in [0, 0.05) is 19.5 Å². The smallest absolute Gasteiger partial charge is 0.252 e. The zero-order valence-corrected chi connectivity index (χ0v) is 12.6. The first-order valence-corrected chi connectivity index (χ1v) is 7.35. The van der Waals surface area contributed by atoms with Crippen LogP contribution >= 0.6 is 0 Å². The van der Waals surface area contributed by atoms with Gasteiger partial charge >= 0.3 is 0 Å². The molecule has 0 saturated carbocycles. The Morgan fingerprint density at radius 2 is 2.00 bits per heavy atom. The Morgan fingerprint density at radius 3 is 2.67 bits per heavy atom. The maximum atomic E-state index is 12.9. The number of hydrogen-bond donors (Lipinski definition) is 1. The van der Waals surface area contributed by atoms with Crippen molar-refractivity contribution in [2.45, 2.75) is 32.2 Å². The lowest BCUT2D eigenvalue weighted by Gasteiger charge is -2.32. The van der Waals surface area contributed by atoms with E-state index in [4.69, 9.17) is 0 Å². The zero-order chi connectivity index (χ0) is 15.3. The predicted octanol–water partition coefficient (Wildman–Crippen LogP) is 2.22. The van der Waals surface area contributed by atoms with Crippen molar-refractivity contribution in [3.05, 3.63) is 48.0 Å². The van der Waals surface area contributed by atoms with Crippen molar-refractivity contribution in [3.63, 3.8) is 0 Å². The molecule has 1 saturated heterocycles. The van der Waals surface area contributed by atoms with E-state index < -0.39 is 5.54 Å². The van der Waals surface area contributed by atoms with E-state index in [0.717, 1.165) is 12.0 Å². The SMILES string of the molecule is C/C=C/CCN1CCC(=O)NC(C)(c2ccccc2)C1=O. The summed E-state index contributed by atoms with van der Waals surface area (Å²) in [4.78, 5) is 26.7. The molecule has 0 radical (unpaired) electrons. The average Bonchev–Trinajstić information content (AvgIpc) is 2.60. The summed E-state index contributed by atoms with van der Waals surface area (Å²) in [7, 11) is 0. The molecule has 1 aromatic rings. The van der Waals surface area contributed by atoms with Crippen LogP contribution in [0.4, 0.5) is 0 Å². The van der Waals surface area contributed by atoms with Crippen LogP contribution in [0.5, 0.6) is 0 Å². The highest BCUT2D eigenvalue weighted by molar-refractivity contribution is 5.94. The molecule has 1 aliphatic rings. The Labute approximate surface area is 125 Å². The summed E-state index contributed by atoms with van der Waals surface area (Å²) in [5.74, 6) is -0.118. The van der Waals surface area contributed by atoms with Gasteiger partial charge in [0.25, 0.3) is 5.91 Å². The lowest BCUT2D eigenvalue weighted by molar-refractivity contribution is -0.138. The molecule has 2 rings (SSSR count). The van der Waals surface area contributed by atoms with Crippen molar-refractivity contribution in [3.8, 4) is 0 Å².